The summed E-state index contributed by atoms with van der Waals surface area (Å²) in [6.07, 6.45) is 7.43. The van der Waals surface area contributed by atoms with Crippen LogP contribution in [-0.4, -0.2) is 37.5 Å². The van der Waals surface area contributed by atoms with Crippen molar-refractivity contribution in [2.24, 2.45) is 5.92 Å². The molecule has 2 aromatic heterocycles. The number of hydrogen-bond acceptors (Lipinski definition) is 6. The molecule has 0 unspecified atom stereocenters. The number of anilines is 2. The second kappa shape index (κ2) is 9.31. The van der Waals surface area contributed by atoms with Crippen molar-refractivity contribution < 1.29 is 19.5 Å². The summed E-state index contributed by atoms with van der Waals surface area (Å²) >= 11 is 1.23. The maximum atomic E-state index is 13.0. The Morgan fingerprint density at radius 3 is 2.72 bits per heavy atom. The monoisotopic (exact) mass is 453 g/mol. The number of amides is 2. The van der Waals surface area contributed by atoms with E-state index in [2.05, 4.69) is 20.6 Å². The largest absolute Gasteiger partial charge is 0.464 e. The molecule has 32 heavy (non-hydrogen) atoms. The Balaban J connectivity index is 1.43. The van der Waals surface area contributed by atoms with Crippen molar-refractivity contribution in [3.63, 3.8) is 0 Å². The van der Waals surface area contributed by atoms with Gasteiger partial charge in [0.15, 0.2) is 10.9 Å². The van der Waals surface area contributed by atoms with E-state index in [4.69, 9.17) is 5.11 Å². The number of carbonyl (C=O) groups is 3. The molecule has 1 aromatic carbocycles. The van der Waals surface area contributed by atoms with Gasteiger partial charge in [-0.15, -0.1) is 11.3 Å². The van der Waals surface area contributed by atoms with Crippen molar-refractivity contribution in [2.45, 2.75) is 39.0 Å². The molecule has 0 saturated heterocycles. The summed E-state index contributed by atoms with van der Waals surface area (Å²) in [6, 6.07) is 4.92. The smallest absolute Gasteiger partial charge is 0.417 e. The maximum absolute atomic E-state index is 13.0. The standard InChI is InChI=1S/C22H23N5O4S/c1-13-6-7-17(16(10-13)19(28)14-4-2-3-5-14)25-20(29)26-21-24-12-15(32-21)11-18-23-8-9-27(18)22(30)31/h6-10,12,14H,2-5,11H2,1H3,(H,30,31)(H2,24,25,26,29). The number of benzene rings is 1. The molecule has 3 aromatic rings. The van der Waals surface area contributed by atoms with Crippen molar-refractivity contribution in [1.29, 1.82) is 0 Å². The van der Waals surface area contributed by atoms with Crippen LogP contribution in [0.25, 0.3) is 0 Å². The number of aromatic nitrogens is 3. The van der Waals surface area contributed by atoms with Crippen LogP contribution < -0.4 is 10.6 Å². The molecular weight excluding hydrogens is 430 g/mol. The van der Waals surface area contributed by atoms with Gasteiger partial charge in [-0.1, -0.05) is 24.5 Å². The SMILES string of the molecule is Cc1ccc(NC(=O)Nc2ncc(Cc3nccn3C(=O)O)s2)c(C(=O)C2CCCC2)c1. The molecule has 1 aliphatic carbocycles. The number of imidazole rings is 1. The third kappa shape index (κ3) is 4.86. The summed E-state index contributed by atoms with van der Waals surface area (Å²) in [5.41, 5.74) is 1.97. The van der Waals surface area contributed by atoms with E-state index < -0.39 is 12.1 Å². The lowest BCUT2D eigenvalue weighted by molar-refractivity contribution is 0.0923. The van der Waals surface area contributed by atoms with E-state index in [1.54, 1.807) is 12.3 Å². The normalized spacial score (nSPS) is 13.8. The van der Waals surface area contributed by atoms with Gasteiger partial charge in [0, 0.05) is 41.4 Å². The van der Waals surface area contributed by atoms with Crippen molar-refractivity contribution in [1.82, 2.24) is 14.5 Å². The number of carboxylic acid groups (broad SMARTS) is 1. The molecule has 0 bridgehead atoms. The highest BCUT2D eigenvalue weighted by molar-refractivity contribution is 7.15. The van der Waals surface area contributed by atoms with Crippen LogP contribution in [0.4, 0.5) is 20.4 Å². The summed E-state index contributed by atoms with van der Waals surface area (Å²) in [5.74, 6) is 0.458. The second-order valence-corrected chi connectivity index (χ2v) is 8.89. The molecule has 1 saturated carbocycles. The summed E-state index contributed by atoms with van der Waals surface area (Å²) in [6.45, 7) is 1.92. The number of aryl methyl sites for hydroxylation is 1. The van der Waals surface area contributed by atoms with Gasteiger partial charge in [0.1, 0.15) is 5.82 Å². The van der Waals surface area contributed by atoms with Gasteiger partial charge in [-0.3, -0.25) is 10.1 Å². The van der Waals surface area contributed by atoms with Crippen LogP contribution in [-0.2, 0) is 6.42 Å². The zero-order valence-corrected chi connectivity index (χ0v) is 18.3. The molecule has 10 heteroatoms. The number of thiazole rings is 1. The molecule has 3 N–H and O–H groups in total. The van der Waals surface area contributed by atoms with E-state index in [-0.39, 0.29) is 18.1 Å². The van der Waals surface area contributed by atoms with Crippen LogP contribution in [0, 0.1) is 12.8 Å². The van der Waals surface area contributed by atoms with Gasteiger partial charge in [-0.05, 0) is 31.9 Å². The molecule has 166 valence electrons. The first-order valence-electron chi connectivity index (χ1n) is 10.3. The second-order valence-electron chi connectivity index (χ2n) is 7.78. The van der Waals surface area contributed by atoms with Crippen molar-refractivity contribution in [3.05, 3.63) is 58.6 Å². The van der Waals surface area contributed by atoms with Crippen LogP contribution in [0.3, 0.4) is 0 Å². The molecule has 0 radical (unpaired) electrons. The van der Waals surface area contributed by atoms with Gasteiger partial charge in [0.25, 0.3) is 0 Å². The summed E-state index contributed by atoms with van der Waals surface area (Å²) < 4.78 is 1.04. The lowest BCUT2D eigenvalue weighted by atomic mass is 9.94. The number of nitrogens with one attached hydrogen (secondary N) is 2. The average Bonchev–Trinajstić information content (AvgIpc) is 3.51. The summed E-state index contributed by atoms with van der Waals surface area (Å²) in [5, 5.41) is 15.0. The average molecular weight is 454 g/mol. The van der Waals surface area contributed by atoms with Crippen LogP contribution in [0.1, 0.15) is 52.3 Å². The number of urea groups is 1. The van der Waals surface area contributed by atoms with Gasteiger partial charge in [0.05, 0.1) is 5.69 Å². The molecule has 0 aliphatic heterocycles. The van der Waals surface area contributed by atoms with E-state index in [0.29, 0.717) is 22.2 Å². The van der Waals surface area contributed by atoms with E-state index >= 15 is 0 Å². The fraction of sp³-hybridized carbons (Fsp3) is 0.318. The topological polar surface area (TPSA) is 126 Å². The maximum Gasteiger partial charge on any atom is 0.417 e. The molecule has 1 fully saturated rings. The zero-order valence-electron chi connectivity index (χ0n) is 17.5. The Labute approximate surface area is 188 Å². The third-order valence-electron chi connectivity index (χ3n) is 5.44. The predicted molar refractivity (Wildman–Crippen MR) is 121 cm³/mol. The first-order chi connectivity index (χ1) is 15.4. The Morgan fingerprint density at radius 2 is 1.97 bits per heavy atom. The lowest BCUT2D eigenvalue weighted by Crippen LogP contribution is -2.22. The summed E-state index contributed by atoms with van der Waals surface area (Å²) in [4.78, 5) is 45.7. The van der Waals surface area contributed by atoms with E-state index in [1.807, 2.05) is 19.1 Å². The molecular formula is C22H23N5O4S. The Hall–Kier alpha value is -3.53. The minimum atomic E-state index is -1.11. The molecule has 0 atom stereocenters. The molecule has 9 nitrogen and oxygen atoms in total. The minimum Gasteiger partial charge on any atom is -0.464 e. The number of carbonyl (C=O) groups excluding carboxylic acids is 2. The summed E-state index contributed by atoms with van der Waals surface area (Å²) in [7, 11) is 0. The molecule has 1 aliphatic rings. The number of hydrogen-bond donors (Lipinski definition) is 3. The Morgan fingerprint density at radius 1 is 1.19 bits per heavy atom. The fourth-order valence-electron chi connectivity index (χ4n) is 3.87. The van der Waals surface area contributed by atoms with Crippen LogP contribution in [0.2, 0.25) is 0 Å². The van der Waals surface area contributed by atoms with Crippen LogP contribution in [0.15, 0.2) is 36.8 Å². The Bertz CT molecular complexity index is 1160. The molecule has 0 spiro atoms. The highest BCUT2D eigenvalue weighted by Crippen LogP contribution is 2.31. The highest BCUT2D eigenvalue weighted by Gasteiger charge is 2.26. The van der Waals surface area contributed by atoms with Crippen molar-refractivity contribution >= 4 is 40.1 Å². The van der Waals surface area contributed by atoms with Gasteiger partial charge >= 0.3 is 12.1 Å². The van der Waals surface area contributed by atoms with Crippen LogP contribution >= 0.6 is 11.3 Å². The van der Waals surface area contributed by atoms with Gasteiger partial charge in [-0.2, -0.15) is 0 Å². The van der Waals surface area contributed by atoms with Crippen molar-refractivity contribution in [2.75, 3.05) is 10.6 Å². The Kier molecular flexibility index (Phi) is 6.31. The molecule has 4 rings (SSSR count). The number of rotatable bonds is 6. The zero-order chi connectivity index (χ0) is 22.7. The van der Waals surface area contributed by atoms with Gasteiger partial charge in [-0.25, -0.2) is 24.1 Å². The minimum absolute atomic E-state index is 0.0142. The molecule has 2 amide bonds. The van der Waals surface area contributed by atoms with Crippen molar-refractivity contribution in [3.8, 4) is 0 Å². The third-order valence-corrected chi connectivity index (χ3v) is 6.36. The first-order valence-corrected chi connectivity index (χ1v) is 11.2. The predicted octanol–water partition coefficient (Wildman–Crippen LogP) is 4.78. The first kappa shape index (κ1) is 21.7. The lowest BCUT2D eigenvalue weighted by Gasteiger charge is -2.14. The number of nitrogens with zero attached hydrogens (tertiary/aromatic N) is 3. The van der Waals surface area contributed by atoms with Crippen LogP contribution in [0.5, 0.6) is 0 Å². The number of Topliss-reactive ketones (excluding diaryl/α,β-unsaturated/α-hetero) is 1. The number of ketones is 1. The highest BCUT2D eigenvalue weighted by atomic mass is 32.1. The van der Waals surface area contributed by atoms with E-state index in [0.717, 1.165) is 40.7 Å². The quantitative estimate of drug-likeness (QED) is 0.461. The fourth-order valence-corrected chi connectivity index (χ4v) is 4.68. The van der Waals surface area contributed by atoms with Gasteiger partial charge < -0.3 is 10.4 Å². The van der Waals surface area contributed by atoms with Gasteiger partial charge in [0.2, 0.25) is 0 Å². The molecule has 2 heterocycles. The van der Waals surface area contributed by atoms with E-state index in [9.17, 15) is 14.4 Å². The van der Waals surface area contributed by atoms with E-state index in [1.165, 1.54) is 23.7 Å².